The molecule has 0 aromatic heterocycles. The van der Waals surface area contributed by atoms with Crippen molar-refractivity contribution < 1.29 is 9.53 Å². The predicted octanol–water partition coefficient (Wildman–Crippen LogP) is 3.16. The highest BCUT2D eigenvalue weighted by Crippen LogP contribution is 2.33. The van der Waals surface area contributed by atoms with Gasteiger partial charge in [-0.25, -0.2) is 4.79 Å². The molecular weight excluding hydrogens is 252 g/mol. The molecular formula is C16H30N2O2. The topological polar surface area (TPSA) is 41.6 Å². The number of nitrogens with one attached hydrogen (secondary N) is 1. The van der Waals surface area contributed by atoms with Crippen LogP contribution in [0.5, 0.6) is 0 Å². The second-order valence-corrected chi connectivity index (χ2v) is 7.41. The molecule has 116 valence electrons. The minimum atomic E-state index is -0.419. The molecule has 1 aliphatic carbocycles. The number of nitrogens with zero attached hydrogens (tertiary/aromatic N) is 1. The van der Waals surface area contributed by atoms with E-state index in [-0.39, 0.29) is 12.1 Å². The Hall–Kier alpha value is -0.770. The van der Waals surface area contributed by atoms with Crippen LogP contribution in [0, 0.1) is 5.92 Å². The third-order valence-electron chi connectivity index (χ3n) is 4.58. The van der Waals surface area contributed by atoms with Crippen molar-refractivity contribution in [2.75, 3.05) is 13.1 Å². The first-order valence-electron chi connectivity index (χ1n) is 8.09. The van der Waals surface area contributed by atoms with E-state index in [9.17, 15) is 4.79 Å². The van der Waals surface area contributed by atoms with Crippen molar-refractivity contribution in [2.24, 2.45) is 5.92 Å². The Morgan fingerprint density at radius 1 is 1.25 bits per heavy atom. The number of piperidine rings is 1. The molecule has 1 saturated carbocycles. The lowest BCUT2D eigenvalue weighted by Crippen LogP contribution is -2.53. The zero-order chi connectivity index (χ0) is 14.8. The average molecular weight is 282 g/mol. The molecule has 4 nitrogen and oxygen atoms in total. The van der Waals surface area contributed by atoms with E-state index in [1.165, 1.54) is 25.8 Å². The Bertz CT molecular complexity index is 334. The molecule has 4 heteroatoms. The third-order valence-corrected chi connectivity index (χ3v) is 4.58. The van der Waals surface area contributed by atoms with Crippen molar-refractivity contribution in [1.29, 1.82) is 0 Å². The highest BCUT2D eigenvalue weighted by Gasteiger charge is 2.32. The summed E-state index contributed by atoms with van der Waals surface area (Å²) in [6.45, 7) is 10.2. The molecule has 1 amide bonds. The second kappa shape index (κ2) is 6.33. The van der Waals surface area contributed by atoms with Crippen molar-refractivity contribution in [3.8, 4) is 0 Å². The maximum absolute atomic E-state index is 11.9. The lowest BCUT2D eigenvalue weighted by molar-refractivity contribution is 0.0409. The number of carbonyl (C=O) groups is 1. The highest BCUT2D eigenvalue weighted by molar-refractivity contribution is 5.68. The summed E-state index contributed by atoms with van der Waals surface area (Å²) >= 11 is 0. The van der Waals surface area contributed by atoms with E-state index in [0.29, 0.717) is 6.04 Å². The minimum absolute atomic E-state index is 0.237. The van der Waals surface area contributed by atoms with Gasteiger partial charge < -0.3 is 10.1 Å². The van der Waals surface area contributed by atoms with Crippen LogP contribution in [0.1, 0.15) is 59.8 Å². The number of amides is 1. The van der Waals surface area contributed by atoms with Gasteiger partial charge in [0, 0.05) is 18.6 Å². The second-order valence-electron chi connectivity index (χ2n) is 7.41. The molecule has 2 rings (SSSR count). The maximum atomic E-state index is 11.9. The van der Waals surface area contributed by atoms with Crippen LogP contribution in [0.4, 0.5) is 4.79 Å². The smallest absolute Gasteiger partial charge is 0.407 e. The minimum Gasteiger partial charge on any atom is -0.444 e. The Balaban J connectivity index is 1.79. The van der Waals surface area contributed by atoms with E-state index in [0.717, 1.165) is 25.3 Å². The standard InChI is InChI=1S/C16H30N2O2/c1-12(13-7-5-8-13)18-10-6-9-14(11-18)17-15(19)20-16(2,3)4/h12-14H,5-11H2,1-4H3,(H,17,19). The van der Waals surface area contributed by atoms with E-state index >= 15 is 0 Å². The summed E-state index contributed by atoms with van der Waals surface area (Å²) in [7, 11) is 0. The van der Waals surface area contributed by atoms with Gasteiger partial charge in [-0.3, -0.25) is 4.90 Å². The number of alkyl carbamates (subject to hydrolysis) is 1. The lowest BCUT2D eigenvalue weighted by Gasteiger charge is -2.43. The van der Waals surface area contributed by atoms with Crippen LogP contribution in [0.3, 0.4) is 0 Å². The lowest BCUT2D eigenvalue weighted by atomic mass is 9.79. The van der Waals surface area contributed by atoms with Crippen LogP contribution in [-0.4, -0.2) is 41.8 Å². The molecule has 20 heavy (non-hydrogen) atoms. The summed E-state index contributed by atoms with van der Waals surface area (Å²) < 4.78 is 5.35. The van der Waals surface area contributed by atoms with Crippen LogP contribution in [0.2, 0.25) is 0 Å². The van der Waals surface area contributed by atoms with Crippen LogP contribution in [0.15, 0.2) is 0 Å². The van der Waals surface area contributed by atoms with Gasteiger partial charge in [-0.05, 0) is 65.8 Å². The maximum Gasteiger partial charge on any atom is 0.407 e. The quantitative estimate of drug-likeness (QED) is 0.864. The number of rotatable bonds is 3. The van der Waals surface area contributed by atoms with Crippen molar-refractivity contribution in [3.05, 3.63) is 0 Å². The van der Waals surface area contributed by atoms with Crippen LogP contribution in [-0.2, 0) is 4.74 Å². The predicted molar refractivity (Wildman–Crippen MR) is 80.8 cm³/mol. The number of likely N-dealkylation sites (tertiary alicyclic amines) is 1. The van der Waals surface area contributed by atoms with Crippen molar-refractivity contribution >= 4 is 6.09 Å². The van der Waals surface area contributed by atoms with Crippen LogP contribution < -0.4 is 5.32 Å². The van der Waals surface area contributed by atoms with Crippen LogP contribution >= 0.6 is 0 Å². The molecule has 1 N–H and O–H groups in total. The normalized spacial score (nSPS) is 26.7. The molecule has 2 aliphatic rings. The van der Waals surface area contributed by atoms with E-state index in [2.05, 4.69) is 17.1 Å². The van der Waals surface area contributed by atoms with E-state index in [1.54, 1.807) is 0 Å². The summed E-state index contributed by atoms with van der Waals surface area (Å²) in [5, 5.41) is 3.03. The molecule has 1 saturated heterocycles. The first kappa shape index (κ1) is 15.6. The average Bonchev–Trinajstić information content (AvgIpc) is 2.24. The number of hydrogen-bond acceptors (Lipinski definition) is 3. The highest BCUT2D eigenvalue weighted by atomic mass is 16.6. The van der Waals surface area contributed by atoms with Crippen molar-refractivity contribution in [3.63, 3.8) is 0 Å². The molecule has 0 aromatic rings. The van der Waals surface area contributed by atoms with Gasteiger partial charge >= 0.3 is 6.09 Å². The molecule has 2 unspecified atom stereocenters. The van der Waals surface area contributed by atoms with Gasteiger partial charge in [0.2, 0.25) is 0 Å². The first-order chi connectivity index (χ1) is 9.35. The van der Waals surface area contributed by atoms with Crippen LogP contribution in [0.25, 0.3) is 0 Å². The van der Waals surface area contributed by atoms with E-state index in [1.807, 2.05) is 20.8 Å². The fourth-order valence-electron chi connectivity index (χ4n) is 3.19. The molecule has 2 atom stereocenters. The number of hydrogen-bond donors (Lipinski definition) is 1. The largest absolute Gasteiger partial charge is 0.444 e. The summed E-state index contributed by atoms with van der Waals surface area (Å²) in [5.74, 6) is 0.871. The summed E-state index contributed by atoms with van der Waals surface area (Å²) in [5.41, 5.74) is -0.419. The third kappa shape index (κ3) is 4.37. The molecule has 0 aromatic carbocycles. The van der Waals surface area contributed by atoms with Gasteiger partial charge in [0.15, 0.2) is 0 Å². The SMILES string of the molecule is CC(C1CCC1)N1CCCC(NC(=O)OC(C)(C)C)C1. The van der Waals surface area contributed by atoms with E-state index < -0.39 is 5.60 Å². The Morgan fingerprint density at radius 3 is 2.50 bits per heavy atom. The van der Waals surface area contributed by atoms with Gasteiger partial charge in [-0.2, -0.15) is 0 Å². The molecule has 2 fully saturated rings. The molecule has 0 spiro atoms. The fraction of sp³-hybridized carbons (Fsp3) is 0.938. The van der Waals surface area contributed by atoms with Gasteiger partial charge in [0.1, 0.15) is 5.60 Å². The number of carbonyl (C=O) groups excluding carboxylic acids is 1. The molecule has 0 radical (unpaired) electrons. The van der Waals surface area contributed by atoms with Crippen molar-refractivity contribution in [2.45, 2.75) is 77.5 Å². The summed E-state index contributed by atoms with van der Waals surface area (Å²) in [6.07, 6.45) is 6.09. The van der Waals surface area contributed by atoms with E-state index in [4.69, 9.17) is 4.74 Å². The Morgan fingerprint density at radius 2 is 1.95 bits per heavy atom. The Kier molecular flexibility index (Phi) is 4.95. The summed E-state index contributed by atoms with van der Waals surface area (Å²) in [6, 6.07) is 0.896. The molecule has 1 heterocycles. The van der Waals surface area contributed by atoms with Crippen molar-refractivity contribution in [1.82, 2.24) is 10.2 Å². The molecule has 0 bridgehead atoms. The number of ether oxygens (including phenoxy) is 1. The monoisotopic (exact) mass is 282 g/mol. The molecule has 1 aliphatic heterocycles. The summed E-state index contributed by atoms with van der Waals surface area (Å²) in [4.78, 5) is 14.4. The van der Waals surface area contributed by atoms with Gasteiger partial charge in [0.05, 0.1) is 0 Å². The van der Waals surface area contributed by atoms with Gasteiger partial charge in [-0.1, -0.05) is 6.42 Å². The van der Waals surface area contributed by atoms with Gasteiger partial charge in [-0.15, -0.1) is 0 Å². The van der Waals surface area contributed by atoms with Gasteiger partial charge in [0.25, 0.3) is 0 Å². The fourth-order valence-corrected chi connectivity index (χ4v) is 3.19. The first-order valence-corrected chi connectivity index (χ1v) is 8.09. The zero-order valence-electron chi connectivity index (χ0n) is 13.4. The zero-order valence-corrected chi connectivity index (χ0v) is 13.4. The Labute approximate surface area is 123 Å².